The van der Waals surface area contributed by atoms with Crippen molar-refractivity contribution in [3.05, 3.63) is 28.2 Å². The van der Waals surface area contributed by atoms with Crippen molar-refractivity contribution < 1.29 is 9.90 Å². The second kappa shape index (κ2) is 5.19. The second-order valence-electron chi connectivity index (χ2n) is 4.38. The largest absolute Gasteiger partial charge is 0.481 e. The van der Waals surface area contributed by atoms with E-state index in [9.17, 15) is 4.79 Å². The first-order valence-electron chi connectivity index (χ1n) is 5.04. The highest BCUT2D eigenvalue weighted by atomic mass is 79.9. The summed E-state index contributed by atoms with van der Waals surface area (Å²) in [6, 6.07) is 7.29. The number of hydrogen-bond acceptors (Lipinski definition) is 3. The first-order chi connectivity index (χ1) is 7.84. The van der Waals surface area contributed by atoms with E-state index in [0.717, 1.165) is 4.47 Å². The number of aliphatic carboxylic acids is 1. The summed E-state index contributed by atoms with van der Waals surface area (Å²) >= 11 is 3.32. The van der Waals surface area contributed by atoms with Gasteiger partial charge >= 0.3 is 5.97 Å². The Morgan fingerprint density at radius 1 is 1.59 bits per heavy atom. The highest BCUT2D eigenvalue weighted by Gasteiger charge is 2.22. The maximum Gasteiger partial charge on any atom is 0.305 e. The van der Waals surface area contributed by atoms with Crippen molar-refractivity contribution in [3.63, 3.8) is 0 Å². The molecule has 0 saturated heterocycles. The van der Waals surface area contributed by atoms with Gasteiger partial charge in [0.05, 0.1) is 17.7 Å². The van der Waals surface area contributed by atoms with Crippen molar-refractivity contribution in [2.24, 2.45) is 0 Å². The fraction of sp³-hybridized carbons (Fsp3) is 0.333. The van der Waals surface area contributed by atoms with Crippen LogP contribution in [0.5, 0.6) is 0 Å². The summed E-state index contributed by atoms with van der Waals surface area (Å²) in [5, 5.41) is 20.8. The summed E-state index contributed by atoms with van der Waals surface area (Å²) in [6.07, 6.45) is -0.0234. The van der Waals surface area contributed by atoms with E-state index in [0.29, 0.717) is 11.3 Å². The zero-order chi connectivity index (χ0) is 13.1. The van der Waals surface area contributed by atoms with E-state index in [1.807, 2.05) is 0 Å². The van der Waals surface area contributed by atoms with E-state index in [1.165, 1.54) is 0 Å². The van der Waals surface area contributed by atoms with Gasteiger partial charge < -0.3 is 10.4 Å². The molecule has 0 bridgehead atoms. The van der Waals surface area contributed by atoms with E-state index in [4.69, 9.17) is 10.4 Å². The van der Waals surface area contributed by atoms with E-state index in [2.05, 4.69) is 27.3 Å². The molecule has 0 aliphatic rings. The minimum atomic E-state index is -0.879. The van der Waals surface area contributed by atoms with Crippen LogP contribution >= 0.6 is 15.9 Å². The Bertz CT molecular complexity index is 478. The number of hydrogen-bond donors (Lipinski definition) is 2. The molecule has 0 unspecified atom stereocenters. The number of rotatable bonds is 4. The van der Waals surface area contributed by atoms with Gasteiger partial charge in [-0.1, -0.05) is 15.9 Å². The predicted octanol–water partition coefficient (Wildman–Crippen LogP) is 2.99. The Kier molecular flexibility index (Phi) is 4.13. The number of nitriles is 1. The van der Waals surface area contributed by atoms with Crippen LogP contribution in [0.4, 0.5) is 5.69 Å². The average Bonchev–Trinajstić information content (AvgIpc) is 2.14. The van der Waals surface area contributed by atoms with Crippen molar-refractivity contribution in [2.75, 3.05) is 5.32 Å². The summed E-state index contributed by atoms with van der Waals surface area (Å²) in [6.45, 7) is 3.56. The normalized spacial score (nSPS) is 10.7. The molecule has 0 saturated carbocycles. The third-order valence-corrected chi connectivity index (χ3v) is 2.66. The number of nitrogens with one attached hydrogen (secondary N) is 1. The number of anilines is 1. The Labute approximate surface area is 108 Å². The van der Waals surface area contributed by atoms with E-state index >= 15 is 0 Å². The van der Waals surface area contributed by atoms with Gasteiger partial charge in [-0.2, -0.15) is 5.26 Å². The second-order valence-corrected chi connectivity index (χ2v) is 5.30. The Morgan fingerprint density at radius 3 is 2.76 bits per heavy atom. The van der Waals surface area contributed by atoms with Crippen molar-refractivity contribution in [1.82, 2.24) is 0 Å². The van der Waals surface area contributed by atoms with Crippen molar-refractivity contribution in [2.45, 2.75) is 25.8 Å². The standard InChI is InChI=1S/C12H13BrN2O2/c1-12(2,6-11(16)17)15-10-5-9(13)4-3-8(10)7-14/h3-5,15H,6H2,1-2H3,(H,16,17). The lowest BCUT2D eigenvalue weighted by molar-refractivity contribution is -0.137. The summed E-state index contributed by atoms with van der Waals surface area (Å²) in [7, 11) is 0. The summed E-state index contributed by atoms with van der Waals surface area (Å²) in [5.74, 6) is -0.879. The van der Waals surface area contributed by atoms with Crippen LogP contribution in [0.15, 0.2) is 22.7 Å². The SMILES string of the molecule is CC(C)(CC(=O)O)Nc1cc(Br)ccc1C#N. The Hall–Kier alpha value is -1.54. The zero-order valence-corrected chi connectivity index (χ0v) is 11.2. The van der Waals surface area contributed by atoms with Gasteiger partial charge in [0.1, 0.15) is 6.07 Å². The molecule has 2 N–H and O–H groups in total. The van der Waals surface area contributed by atoms with E-state index in [-0.39, 0.29) is 6.42 Å². The number of halogens is 1. The molecule has 0 fully saturated rings. The molecular weight excluding hydrogens is 284 g/mol. The molecule has 1 aromatic carbocycles. The fourth-order valence-electron chi connectivity index (χ4n) is 1.50. The van der Waals surface area contributed by atoms with Gasteiger partial charge in [-0.3, -0.25) is 4.79 Å². The number of carboxylic acids is 1. The molecule has 4 nitrogen and oxygen atoms in total. The maximum absolute atomic E-state index is 10.7. The lowest BCUT2D eigenvalue weighted by atomic mass is 9.99. The molecule has 0 atom stereocenters. The summed E-state index contributed by atoms with van der Waals surface area (Å²) < 4.78 is 0.838. The lowest BCUT2D eigenvalue weighted by Crippen LogP contribution is -2.33. The third-order valence-electron chi connectivity index (χ3n) is 2.17. The Morgan fingerprint density at radius 2 is 2.24 bits per heavy atom. The van der Waals surface area contributed by atoms with Crippen LogP contribution in [0.2, 0.25) is 0 Å². The van der Waals surface area contributed by atoms with Crippen molar-refractivity contribution in [1.29, 1.82) is 5.26 Å². The van der Waals surface area contributed by atoms with Crippen LogP contribution in [-0.4, -0.2) is 16.6 Å². The topological polar surface area (TPSA) is 73.1 Å². The smallest absolute Gasteiger partial charge is 0.305 e. The predicted molar refractivity (Wildman–Crippen MR) is 68.8 cm³/mol. The first-order valence-corrected chi connectivity index (χ1v) is 5.83. The molecular formula is C12H13BrN2O2. The van der Waals surface area contributed by atoms with Crippen molar-refractivity contribution >= 4 is 27.6 Å². The van der Waals surface area contributed by atoms with Gasteiger partial charge in [0, 0.05) is 10.0 Å². The number of benzene rings is 1. The van der Waals surface area contributed by atoms with Crippen LogP contribution in [0.1, 0.15) is 25.8 Å². The average molecular weight is 297 g/mol. The van der Waals surface area contributed by atoms with Crippen LogP contribution in [0, 0.1) is 11.3 Å². The monoisotopic (exact) mass is 296 g/mol. The molecule has 1 aromatic rings. The molecule has 90 valence electrons. The van der Waals surface area contributed by atoms with Gasteiger partial charge in [0.15, 0.2) is 0 Å². The van der Waals surface area contributed by atoms with E-state index in [1.54, 1.807) is 32.0 Å². The first kappa shape index (κ1) is 13.5. The van der Waals surface area contributed by atoms with Gasteiger partial charge in [-0.25, -0.2) is 0 Å². The highest BCUT2D eigenvalue weighted by Crippen LogP contribution is 2.25. The molecule has 5 heteroatoms. The molecule has 0 radical (unpaired) electrons. The quantitative estimate of drug-likeness (QED) is 0.896. The van der Waals surface area contributed by atoms with Gasteiger partial charge in [0.25, 0.3) is 0 Å². The number of carboxylic acid groups (broad SMARTS) is 1. The number of nitrogens with zero attached hydrogens (tertiary/aromatic N) is 1. The molecule has 17 heavy (non-hydrogen) atoms. The van der Waals surface area contributed by atoms with Crippen LogP contribution in [0.25, 0.3) is 0 Å². The van der Waals surface area contributed by atoms with Gasteiger partial charge in [0.2, 0.25) is 0 Å². The summed E-state index contributed by atoms with van der Waals surface area (Å²) in [4.78, 5) is 10.7. The van der Waals surface area contributed by atoms with Gasteiger partial charge in [-0.15, -0.1) is 0 Å². The number of carbonyl (C=O) groups is 1. The highest BCUT2D eigenvalue weighted by molar-refractivity contribution is 9.10. The van der Waals surface area contributed by atoms with Gasteiger partial charge in [-0.05, 0) is 32.0 Å². The molecule has 0 amide bonds. The molecule has 0 aliphatic heterocycles. The molecule has 0 aliphatic carbocycles. The van der Waals surface area contributed by atoms with Crippen LogP contribution in [-0.2, 0) is 4.79 Å². The minimum absolute atomic E-state index is 0.0234. The lowest BCUT2D eigenvalue weighted by Gasteiger charge is -2.26. The third kappa shape index (κ3) is 4.08. The Balaban J connectivity index is 2.98. The molecule has 0 spiro atoms. The zero-order valence-electron chi connectivity index (χ0n) is 9.62. The van der Waals surface area contributed by atoms with E-state index < -0.39 is 11.5 Å². The minimum Gasteiger partial charge on any atom is -0.481 e. The fourth-order valence-corrected chi connectivity index (χ4v) is 1.87. The summed E-state index contributed by atoms with van der Waals surface area (Å²) in [5.41, 5.74) is 0.512. The molecule has 0 heterocycles. The van der Waals surface area contributed by atoms with Crippen molar-refractivity contribution in [3.8, 4) is 6.07 Å². The van der Waals surface area contributed by atoms with Crippen LogP contribution in [0.3, 0.4) is 0 Å². The maximum atomic E-state index is 10.7. The molecule has 0 aromatic heterocycles. The molecule has 1 rings (SSSR count). The van der Waals surface area contributed by atoms with Crippen LogP contribution < -0.4 is 5.32 Å².